The standard InChI is InChI=1S/C13H14N2O3/c1-9(16)8-14-13(17)11-7-12(18-15-11)10-5-3-2-4-6-10/h2-7,9,16H,8H2,1H3,(H,14,17)/t9-/m1/s1. The van der Waals surface area contributed by atoms with Crippen LogP contribution < -0.4 is 5.32 Å². The van der Waals surface area contributed by atoms with Crippen molar-refractivity contribution in [3.8, 4) is 11.3 Å². The van der Waals surface area contributed by atoms with Crippen molar-refractivity contribution in [1.82, 2.24) is 10.5 Å². The van der Waals surface area contributed by atoms with Crippen LogP contribution >= 0.6 is 0 Å². The average Bonchev–Trinajstić information content (AvgIpc) is 2.86. The van der Waals surface area contributed by atoms with Crippen LogP contribution in [0.1, 0.15) is 17.4 Å². The van der Waals surface area contributed by atoms with Crippen molar-refractivity contribution in [3.63, 3.8) is 0 Å². The van der Waals surface area contributed by atoms with Gasteiger partial charge in [0.15, 0.2) is 11.5 Å². The highest BCUT2D eigenvalue weighted by atomic mass is 16.5. The number of aromatic nitrogens is 1. The zero-order chi connectivity index (χ0) is 13.0. The zero-order valence-corrected chi connectivity index (χ0v) is 9.96. The van der Waals surface area contributed by atoms with Crippen molar-refractivity contribution in [2.75, 3.05) is 6.54 Å². The van der Waals surface area contributed by atoms with Crippen LogP contribution in [-0.2, 0) is 0 Å². The number of carbonyl (C=O) groups is 1. The number of aliphatic hydroxyl groups is 1. The molecule has 2 N–H and O–H groups in total. The Hall–Kier alpha value is -2.14. The van der Waals surface area contributed by atoms with Crippen LogP contribution in [0.2, 0.25) is 0 Å². The van der Waals surface area contributed by atoms with Gasteiger partial charge in [-0.3, -0.25) is 4.79 Å². The van der Waals surface area contributed by atoms with E-state index in [1.54, 1.807) is 13.0 Å². The predicted octanol–water partition coefficient (Wildman–Crippen LogP) is 1.45. The van der Waals surface area contributed by atoms with Crippen LogP contribution in [0.4, 0.5) is 0 Å². The number of nitrogens with one attached hydrogen (secondary N) is 1. The first-order valence-electron chi connectivity index (χ1n) is 5.65. The molecule has 1 aromatic heterocycles. The number of carbonyl (C=O) groups excluding carboxylic acids is 1. The third kappa shape index (κ3) is 2.95. The largest absolute Gasteiger partial charge is 0.392 e. The molecule has 1 aromatic carbocycles. The second kappa shape index (κ2) is 5.46. The number of amides is 1. The average molecular weight is 246 g/mol. The van der Waals surface area contributed by atoms with Crippen molar-refractivity contribution < 1.29 is 14.4 Å². The fourth-order valence-corrected chi connectivity index (χ4v) is 1.45. The van der Waals surface area contributed by atoms with Gasteiger partial charge in [-0.1, -0.05) is 35.5 Å². The molecule has 5 heteroatoms. The number of hydrogen-bond donors (Lipinski definition) is 2. The molecule has 0 saturated carbocycles. The van der Waals surface area contributed by atoms with Gasteiger partial charge in [-0.15, -0.1) is 0 Å². The monoisotopic (exact) mass is 246 g/mol. The maximum Gasteiger partial charge on any atom is 0.273 e. The molecule has 0 spiro atoms. The molecule has 0 fully saturated rings. The van der Waals surface area contributed by atoms with Crippen molar-refractivity contribution in [2.45, 2.75) is 13.0 Å². The van der Waals surface area contributed by atoms with Crippen LogP contribution in [0.5, 0.6) is 0 Å². The van der Waals surface area contributed by atoms with Crippen LogP contribution in [0, 0.1) is 0 Å². The van der Waals surface area contributed by atoms with E-state index in [0.717, 1.165) is 5.56 Å². The molecule has 5 nitrogen and oxygen atoms in total. The number of hydrogen-bond acceptors (Lipinski definition) is 4. The molecule has 94 valence electrons. The Morgan fingerprint density at radius 3 is 2.83 bits per heavy atom. The smallest absolute Gasteiger partial charge is 0.273 e. The third-order valence-corrected chi connectivity index (χ3v) is 2.36. The Morgan fingerprint density at radius 2 is 2.17 bits per heavy atom. The van der Waals surface area contributed by atoms with Gasteiger partial charge in [0.2, 0.25) is 0 Å². The Balaban J connectivity index is 2.09. The number of aliphatic hydroxyl groups excluding tert-OH is 1. The fraction of sp³-hybridized carbons (Fsp3) is 0.231. The Bertz CT molecular complexity index is 520. The molecule has 0 unspecified atom stereocenters. The summed E-state index contributed by atoms with van der Waals surface area (Å²) in [6, 6.07) is 11.0. The van der Waals surface area contributed by atoms with Crippen LogP contribution in [-0.4, -0.2) is 28.8 Å². The minimum absolute atomic E-state index is 0.187. The van der Waals surface area contributed by atoms with Crippen molar-refractivity contribution in [1.29, 1.82) is 0 Å². The van der Waals surface area contributed by atoms with Crippen molar-refractivity contribution in [3.05, 3.63) is 42.1 Å². The molecule has 0 aliphatic heterocycles. The van der Waals surface area contributed by atoms with E-state index in [1.807, 2.05) is 30.3 Å². The normalized spacial score (nSPS) is 12.1. The quantitative estimate of drug-likeness (QED) is 0.856. The summed E-state index contributed by atoms with van der Waals surface area (Å²) in [7, 11) is 0. The zero-order valence-electron chi connectivity index (χ0n) is 9.96. The first kappa shape index (κ1) is 12.3. The van der Waals surface area contributed by atoms with E-state index in [0.29, 0.717) is 5.76 Å². The maximum atomic E-state index is 11.6. The highest BCUT2D eigenvalue weighted by Gasteiger charge is 2.13. The summed E-state index contributed by atoms with van der Waals surface area (Å²) in [6.07, 6.45) is -0.588. The van der Waals surface area contributed by atoms with Gasteiger partial charge >= 0.3 is 0 Å². The van der Waals surface area contributed by atoms with E-state index in [2.05, 4.69) is 10.5 Å². The van der Waals surface area contributed by atoms with Crippen LogP contribution in [0.3, 0.4) is 0 Å². The lowest BCUT2D eigenvalue weighted by Crippen LogP contribution is -2.30. The van der Waals surface area contributed by atoms with E-state index < -0.39 is 6.10 Å². The molecule has 2 aromatic rings. The molecule has 0 aliphatic rings. The summed E-state index contributed by atoms with van der Waals surface area (Å²) in [5.41, 5.74) is 1.06. The van der Waals surface area contributed by atoms with Gasteiger partial charge in [0.25, 0.3) is 5.91 Å². The lowest BCUT2D eigenvalue weighted by Gasteiger charge is -2.03. The second-order valence-electron chi connectivity index (χ2n) is 4.00. The second-order valence-corrected chi connectivity index (χ2v) is 4.00. The Morgan fingerprint density at radius 1 is 1.44 bits per heavy atom. The highest BCUT2D eigenvalue weighted by molar-refractivity contribution is 5.93. The van der Waals surface area contributed by atoms with E-state index in [-0.39, 0.29) is 18.1 Å². The fourth-order valence-electron chi connectivity index (χ4n) is 1.45. The van der Waals surface area contributed by atoms with Gasteiger partial charge in [-0.05, 0) is 6.92 Å². The Kier molecular flexibility index (Phi) is 3.74. The molecule has 0 radical (unpaired) electrons. The van der Waals surface area contributed by atoms with Crippen LogP contribution in [0.15, 0.2) is 40.9 Å². The molecular formula is C13H14N2O3. The van der Waals surface area contributed by atoms with Gasteiger partial charge in [0.05, 0.1) is 6.10 Å². The maximum absolute atomic E-state index is 11.6. The predicted molar refractivity (Wildman–Crippen MR) is 66.0 cm³/mol. The molecule has 18 heavy (non-hydrogen) atoms. The SMILES string of the molecule is C[C@@H](O)CNC(=O)c1cc(-c2ccccc2)on1. The lowest BCUT2D eigenvalue weighted by atomic mass is 10.1. The molecule has 1 heterocycles. The lowest BCUT2D eigenvalue weighted by molar-refractivity contribution is 0.0915. The summed E-state index contributed by atoms with van der Waals surface area (Å²) in [6.45, 7) is 1.78. The molecule has 0 saturated heterocycles. The molecule has 0 bridgehead atoms. The number of rotatable bonds is 4. The first-order valence-corrected chi connectivity index (χ1v) is 5.65. The molecule has 1 amide bonds. The van der Waals surface area contributed by atoms with Gasteiger partial charge in [-0.25, -0.2) is 0 Å². The third-order valence-electron chi connectivity index (χ3n) is 2.36. The van der Waals surface area contributed by atoms with Gasteiger partial charge in [0, 0.05) is 18.2 Å². The first-order chi connectivity index (χ1) is 8.66. The minimum Gasteiger partial charge on any atom is -0.392 e. The van der Waals surface area contributed by atoms with Crippen molar-refractivity contribution >= 4 is 5.91 Å². The van der Waals surface area contributed by atoms with Crippen LogP contribution in [0.25, 0.3) is 11.3 Å². The van der Waals surface area contributed by atoms with E-state index >= 15 is 0 Å². The highest BCUT2D eigenvalue weighted by Crippen LogP contribution is 2.19. The molecule has 0 aliphatic carbocycles. The summed E-state index contributed by atoms with van der Waals surface area (Å²) >= 11 is 0. The van der Waals surface area contributed by atoms with Gasteiger partial charge < -0.3 is 14.9 Å². The molecule has 1 atom stereocenters. The summed E-state index contributed by atoms with van der Waals surface area (Å²) in [5, 5.41) is 15.3. The Labute approximate surface area is 104 Å². The van der Waals surface area contributed by atoms with E-state index in [9.17, 15) is 4.79 Å². The van der Waals surface area contributed by atoms with E-state index in [4.69, 9.17) is 9.63 Å². The number of benzene rings is 1. The van der Waals surface area contributed by atoms with Gasteiger partial charge in [-0.2, -0.15) is 0 Å². The topological polar surface area (TPSA) is 75.4 Å². The molecule has 2 rings (SSSR count). The number of nitrogens with zero attached hydrogens (tertiary/aromatic N) is 1. The van der Waals surface area contributed by atoms with Gasteiger partial charge in [0.1, 0.15) is 0 Å². The van der Waals surface area contributed by atoms with E-state index in [1.165, 1.54) is 0 Å². The molecular weight excluding hydrogens is 232 g/mol. The summed E-state index contributed by atoms with van der Waals surface area (Å²) in [5.74, 6) is 0.180. The van der Waals surface area contributed by atoms with Crippen molar-refractivity contribution in [2.24, 2.45) is 0 Å². The minimum atomic E-state index is -0.588. The summed E-state index contributed by atoms with van der Waals surface area (Å²) < 4.78 is 5.11. The summed E-state index contributed by atoms with van der Waals surface area (Å²) in [4.78, 5) is 11.6.